The summed E-state index contributed by atoms with van der Waals surface area (Å²) in [5.74, 6) is -1.19. The lowest BCUT2D eigenvalue weighted by molar-refractivity contribution is -0.137. The first-order valence-electron chi connectivity index (χ1n) is 5.27. The second-order valence-corrected chi connectivity index (χ2v) is 6.08. The molecule has 0 amide bonds. The summed E-state index contributed by atoms with van der Waals surface area (Å²) in [6, 6.07) is 4.39. The minimum atomic E-state index is -3.80. The van der Waals surface area contributed by atoms with Crippen LogP contribution in [0, 0.1) is 6.92 Å². The minimum Gasteiger partial charge on any atom is -0.480 e. The van der Waals surface area contributed by atoms with Crippen molar-refractivity contribution in [3.8, 4) is 0 Å². The summed E-state index contributed by atoms with van der Waals surface area (Å²) in [6.45, 7) is 2.75. The normalized spacial score (nSPS) is 11.8. The van der Waals surface area contributed by atoms with E-state index in [1.165, 1.54) is 18.2 Å². The van der Waals surface area contributed by atoms with Gasteiger partial charge in [0, 0.05) is 11.6 Å². The van der Waals surface area contributed by atoms with Crippen LogP contribution in [0.5, 0.6) is 0 Å². The van der Waals surface area contributed by atoms with Crippen LogP contribution in [-0.4, -0.2) is 36.9 Å². The van der Waals surface area contributed by atoms with Crippen molar-refractivity contribution in [2.24, 2.45) is 0 Å². The first kappa shape index (κ1) is 14.9. The Morgan fingerprint density at radius 1 is 1.44 bits per heavy atom. The molecule has 0 unspecified atom stereocenters. The van der Waals surface area contributed by atoms with Gasteiger partial charge in [0.15, 0.2) is 0 Å². The fraction of sp³-hybridized carbons (Fsp3) is 0.364. The Bertz CT molecular complexity index is 556. The monoisotopic (exact) mass is 291 g/mol. The molecular weight excluding hydrogens is 278 g/mol. The molecular formula is C11H14ClNO4S. The molecule has 0 aliphatic heterocycles. The van der Waals surface area contributed by atoms with E-state index in [1.807, 2.05) is 0 Å². The zero-order chi connectivity index (χ0) is 13.9. The van der Waals surface area contributed by atoms with Crippen molar-refractivity contribution in [3.63, 3.8) is 0 Å². The summed E-state index contributed by atoms with van der Waals surface area (Å²) in [7, 11) is -3.80. The highest BCUT2D eigenvalue weighted by Gasteiger charge is 2.26. The van der Waals surface area contributed by atoms with Gasteiger partial charge in [0.05, 0.1) is 4.90 Å². The van der Waals surface area contributed by atoms with Crippen LogP contribution in [0.3, 0.4) is 0 Å². The summed E-state index contributed by atoms with van der Waals surface area (Å²) in [4.78, 5) is 10.7. The SMILES string of the molecule is CCN(CC(=O)O)S(=O)(=O)c1ccc(Cl)cc1C. The van der Waals surface area contributed by atoms with Gasteiger partial charge in [0.1, 0.15) is 6.54 Å². The molecule has 1 aromatic carbocycles. The average Bonchev–Trinajstić information content (AvgIpc) is 2.24. The standard InChI is InChI=1S/C11H14ClNO4S/c1-3-13(7-11(14)15)18(16,17)10-5-4-9(12)6-8(10)2/h4-6H,3,7H2,1-2H3,(H,14,15). The van der Waals surface area contributed by atoms with Crippen molar-refractivity contribution >= 4 is 27.6 Å². The average molecular weight is 292 g/mol. The summed E-state index contributed by atoms with van der Waals surface area (Å²) in [6.07, 6.45) is 0. The van der Waals surface area contributed by atoms with Gasteiger partial charge in [-0.3, -0.25) is 4.79 Å². The largest absolute Gasteiger partial charge is 0.480 e. The molecule has 7 heteroatoms. The summed E-state index contributed by atoms with van der Waals surface area (Å²) in [5.41, 5.74) is 0.492. The number of likely N-dealkylation sites (N-methyl/N-ethyl adjacent to an activating group) is 1. The third kappa shape index (κ3) is 3.22. The topological polar surface area (TPSA) is 74.7 Å². The van der Waals surface area contributed by atoms with Crippen molar-refractivity contribution < 1.29 is 18.3 Å². The fourth-order valence-electron chi connectivity index (χ4n) is 1.56. The molecule has 1 N–H and O–H groups in total. The third-order valence-corrected chi connectivity index (χ3v) is 4.74. The van der Waals surface area contributed by atoms with Gasteiger partial charge in [-0.2, -0.15) is 4.31 Å². The van der Waals surface area contributed by atoms with Gasteiger partial charge < -0.3 is 5.11 Å². The summed E-state index contributed by atoms with van der Waals surface area (Å²) < 4.78 is 25.4. The predicted molar refractivity (Wildman–Crippen MR) is 68.3 cm³/mol. The number of carboxylic acid groups (broad SMARTS) is 1. The maximum Gasteiger partial charge on any atom is 0.318 e. The Labute approximate surface area is 111 Å². The zero-order valence-corrected chi connectivity index (χ0v) is 11.6. The second kappa shape index (κ2) is 5.69. The molecule has 100 valence electrons. The Morgan fingerprint density at radius 2 is 2.06 bits per heavy atom. The zero-order valence-electron chi connectivity index (χ0n) is 10.1. The highest BCUT2D eigenvalue weighted by atomic mass is 35.5. The van der Waals surface area contributed by atoms with E-state index in [-0.39, 0.29) is 11.4 Å². The summed E-state index contributed by atoms with van der Waals surface area (Å²) >= 11 is 5.76. The van der Waals surface area contributed by atoms with Crippen molar-refractivity contribution in [2.45, 2.75) is 18.7 Å². The minimum absolute atomic E-state index is 0.0787. The van der Waals surface area contributed by atoms with E-state index in [0.717, 1.165) is 4.31 Å². The highest BCUT2D eigenvalue weighted by molar-refractivity contribution is 7.89. The molecule has 18 heavy (non-hydrogen) atoms. The van der Waals surface area contributed by atoms with Crippen molar-refractivity contribution in [3.05, 3.63) is 28.8 Å². The smallest absolute Gasteiger partial charge is 0.318 e. The van der Waals surface area contributed by atoms with Crippen molar-refractivity contribution in [2.75, 3.05) is 13.1 Å². The number of carbonyl (C=O) groups is 1. The van der Waals surface area contributed by atoms with Crippen molar-refractivity contribution in [1.82, 2.24) is 4.31 Å². The lowest BCUT2D eigenvalue weighted by Gasteiger charge is -2.19. The van der Waals surface area contributed by atoms with Gasteiger partial charge in [0.25, 0.3) is 0 Å². The number of nitrogens with zero attached hydrogens (tertiary/aromatic N) is 1. The fourth-order valence-corrected chi connectivity index (χ4v) is 3.39. The van der Waals surface area contributed by atoms with E-state index in [1.54, 1.807) is 13.8 Å². The van der Waals surface area contributed by atoms with Crippen molar-refractivity contribution in [1.29, 1.82) is 0 Å². The number of hydrogen-bond donors (Lipinski definition) is 1. The van der Waals surface area contributed by atoms with Crippen LogP contribution in [0.1, 0.15) is 12.5 Å². The first-order valence-corrected chi connectivity index (χ1v) is 7.09. The van der Waals surface area contributed by atoms with Crippen LogP contribution in [0.15, 0.2) is 23.1 Å². The molecule has 0 fully saturated rings. The van der Waals surface area contributed by atoms with Crippen LogP contribution in [0.2, 0.25) is 5.02 Å². The number of carboxylic acids is 1. The van der Waals surface area contributed by atoms with Gasteiger partial charge in [0.2, 0.25) is 10.0 Å². The maximum atomic E-state index is 12.3. The quantitative estimate of drug-likeness (QED) is 0.897. The molecule has 0 aromatic heterocycles. The van der Waals surface area contributed by atoms with Gasteiger partial charge >= 0.3 is 5.97 Å². The van der Waals surface area contributed by atoms with Crippen LogP contribution in [0.4, 0.5) is 0 Å². The molecule has 0 atom stereocenters. The van der Waals surface area contributed by atoms with Gasteiger partial charge in [-0.1, -0.05) is 18.5 Å². The molecule has 5 nitrogen and oxygen atoms in total. The maximum absolute atomic E-state index is 12.3. The second-order valence-electron chi connectivity index (χ2n) is 3.73. The lowest BCUT2D eigenvalue weighted by atomic mass is 10.2. The van der Waals surface area contributed by atoms with E-state index in [0.29, 0.717) is 10.6 Å². The number of halogens is 1. The van der Waals surface area contributed by atoms with Gasteiger partial charge in [-0.25, -0.2) is 8.42 Å². The molecule has 0 saturated carbocycles. The molecule has 0 aliphatic carbocycles. The van der Waals surface area contributed by atoms with Gasteiger partial charge in [-0.05, 0) is 30.7 Å². The van der Waals surface area contributed by atoms with E-state index in [4.69, 9.17) is 16.7 Å². The Morgan fingerprint density at radius 3 is 2.50 bits per heavy atom. The van der Waals surface area contributed by atoms with Crippen LogP contribution < -0.4 is 0 Å². The lowest BCUT2D eigenvalue weighted by Crippen LogP contribution is -2.35. The first-order chi connectivity index (χ1) is 8.28. The number of aliphatic carboxylic acids is 1. The van der Waals surface area contributed by atoms with Gasteiger partial charge in [-0.15, -0.1) is 0 Å². The Balaban J connectivity index is 3.23. The number of benzene rings is 1. The van der Waals surface area contributed by atoms with Crippen LogP contribution >= 0.6 is 11.6 Å². The molecule has 0 saturated heterocycles. The number of sulfonamides is 1. The summed E-state index contributed by atoms with van der Waals surface area (Å²) in [5, 5.41) is 9.15. The number of hydrogen-bond acceptors (Lipinski definition) is 3. The third-order valence-electron chi connectivity index (χ3n) is 2.42. The molecule has 0 spiro atoms. The van der Waals surface area contributed by atoms with E-state index in [9.17, 15) is 13.2 Å². The number of aryl methyl sites for hydroxylation is 1. The Kier molecular flexibility index (Phi) is 4.72. The molecule has 1 rings (SSSR count). The molecule has 1 aromatic rings. The molecule has 0 radical (unpaired) electrons. The van der Waals surface area contributed by atoms with E-state index in [2.05, 4.69) is 0 Å². The predicted octanol–water partition coefficient (Wildman–Crippen LogP) is 1.74. The van der Waals surface area contributed by atoms with E-state index < -0.39 is 22.5 Å². The van der Waals surface area contributed by atoms with Crippen LogP contribution in [0.25, 0.3) is 0 Å². The molecule has 0 aliphatic rings. The Hall–Kier alpha value is -1.11. The molecule has 0 heterocycles. The highest BCUT2D eigenvalue weighted by Crippen LogP contribution is 2.22. The van der Waals surface area contributed by atoms with Crippen LogP contribution in [-0.2, 0) is 14.8 Å². The van der Waals surface area contributed by atoms with E-state index >= 15 is 0 Å². The number of rotatable bonds is 5. The molecule has 0 bridgehead atoms.